The first-order valence-corrected chi connectivity index (χ1v) is 8.27. The summed E-state index contributed by atoms with van der Waals surface area (Å²) >= 11 is 0. The molecule has 1 saturated heterocycles. The van der Waals surface area contributed by atoms with E-state index in [1.807, 2.05) is 18.2 Å². The largest absolute Gasteiger partial charge is 0.490 e. The van der Waals surface area contributed by atoms with Gasteiger partial charge < -0.3 is 14.4 Å². The van der Waals surface area contributed by atoms with Crippen molar-refractivity contribution in [3.05, 3.63) is 29.8 Å². The van der Waals surface area contributed by atoms with Crippen molar-refractivity contribution in [3.63, 3.8) is 0 Å². The maximum absolute atomic E-state index is 10.9. The van der Waals surface area contributed by atoms with Gasteiger partial charge >= 0.3 is 0 Å². The lowest BCUT2D eigenvalue weighted by Crippen LogP contribution is -3.14. The Labute approximate surface area is 133 Å². The number of nitrogens with one attached hydrogen (secondary N) is 1. The van der Waals surface area contributed by atoms with Crippen molar-refractivity contribution in [1.82, 2.24) is 0 Å². The van der Waals surface area contributed by atoms with Crippen LogP contribution in [0.1, 0.15) is 30.6 Å². The third-order valence-electron chi connectivity index (χ3n) is 4.21. The molecule has 1 N–H and O–H groups in total. The molecule has 1 fully saturated rings. The summed E-state index contributed by atoms with van der Waals surface area (Å²) in [7, 11) is 0. The highest BCUT2D eigenvalue weighted by Gasteiger charge is 2.24. The molecule has 122 valence electrons. The fourth-order valence-electron chi connectivity index (χ4n) is 3.37. The number of hydrogen-bond acceptors (Lipinski definition) is 3. The molecule has 1 aliphatic rings. The van der Waals surface area contributed by atoms with Crippen LogP contribution in [0.3, 0.4) is 0 Å². The number of rotatable bonds is 8. The average Bonchev–Trinajstić information content (AvgIpc) is 2.50. The minimum absolute atomic E-state index is 0.479. The molecule has 4 heteroatoms. The molecule has 0 saturated carbocycles. The molecule has 1 aromatic rings. The summed E-state index contributed by atoms with van der Waals surface area (Å²) in [5, 5.41) is 0. The third-order valence-corrected chi connectivity index (χ3v) is 4.21. The second kappa shape index (κ2) is 8.91. The summed E-state index contributed by atoms with van der Waals surface area (Å²) in [6.07, 6.45) is 2.17. The molecule has 0 aromatic heterocycles. The van der Waals surface area contributed by atoms with Crippen LogP contribution < -0.4 is 9.64 Å². The van der Waals surface area contributed by atoms with Gasteiger partial charge in [0.2, 0.25) is 0 Å². The van der Waals surface area contributed by atoms with Crippen LogP contribution >= 0.6 is 0 Å². The summed E-state index contributed by atoms with van der Waals surface area (Å²) in [4.78, 5) is 12.5. The molecule has 1 aromatic carbocycles. The van der Waals surface area contributed by atoms with Crippen molar-refractivity contribution in [2.24, 2.45) is 11.8 Å². The zero-order valence-corrected chi connectivity index (χ0v) is 13.7. The molecule has 2 rings (SSSR count). The molecule has 1 unspecified atom stereocenters. The second-order valence-corrected chi connectivity index (χ2v) is 6.47. The van der Waals surface area contributed by atoms with Gasteiger partial charge in [0.25, 0.3) is 0 Å². The minimum Gasteiger partial charge on any atom is -0.490 e. The molecular weight excluding hydrogens is 278 g/mol. The summed E-state index contributed by atoms with van der Waals surface area (Å²) in [5.74, 6) is 2.27. The molecule has 0 aliphatic carbocycles. The average molecular weight is 306 g/mol. The van der Waals surface area contributed by atoms with Gasteiger partial charge in [-0.3, -0.25) is 4.79 Å². The van der Waals surface area contributed by atoms with Crippen LogP contribution in [0.15, 0.2) is 24.3 Å². The highest BCUT2D eigenvalue weighted by atomic mass is 16.5. The number of likely N-dealkylation sites (tertiary alicyclic amines) is 1. The number of para-hydroxylation sites is 1. The lowest BCUT2D eigenvalue weighted by molar-refractivity contribution is -0.912. The van der Waals surface area contributed by atoms with E-state index >= 15 is 0 Å². The van der Waals surface area contributed by atoms with E-state index in [1.54, 1.807) is 11.0 Å². The van der Waals surface area contributed by atoms with Crippen LogP contribution in [-0.4, -0.2) is 45.7 Å². The monoisotopic (exact) mass is 306 g/mol. The molecule has 0 amide bonds. The Morgan fingerprint density at radius 1 is 1.14 bits per heavy atom. The Kier molecular flexibility index (Phi) is 6.87. The molecule has 0 bridgehead atoms. The number of carbonyl (C=O) groups is 1. The standard InChI is InChI=1S/C18H27NO3/c1-15-11-16(2)13-19(12-15)7-8-21-9-10-22-18-6-4-3-5-17(18)14-20/h3-6,14-16H,7-13H2,1-2H3/p+1/t15-,16+. The van der Waals surface area contributed by atoms with E-state index in [0.29, 0.717) is 24.5 Å². The zero-order valence-electron chi connectivity index (χ0n) is 13.7. The smallest absolute Gasteiger partial charge is 0.153 e. The van der Waals surface area contributed by atoms with Gasteiger partial charge in [-0.2, -0.15) is 0 Å². The SMILES string of the molecule is C[C@@H]1C[C@H](C)C[NH+](CCOCCOc2ccccc2C=O)C1. The van der Waals surface area contributed by atoms with Gasteiger partial charge in [0, 0.05) is 11.8 Å². The lowest BCUT2D eigenvalue weighted by Gasteiger charge is -2.31. The van der Waals surface area contributed by atoms with Crippen molar-refractivity contribution >= 4 is 6.29 Å². The van der Waals surface area contributed by atoms with Crippen LogP contribution in [0, 0.1) is 11.8 Å². The Bertz CT molecular complexity index is 453. The Morgan fingerprint density at radius 3 is 2.59 bits per heavy atom. The molecule has 22 heavy (non-hydrogen) atoms. The Hall–Kier alpha value is -1.39. The first kappa shape index (κ1) is 17.0. The quantitative estimate of drug-likeness (QED) is 0.584. The van der Waals surface area contributed by atoms with Crippen LogP contribution in [0.4, 0.5) is 0 Å². The zero-order chi connectivity index (χ0) is 15.8. The maximum atomic E-state index is 10.9. The van der Waals surface area contributed by atoms with Gasteiger partial charge in [-0.15, -0.1) is 0 Å². The van der Waals surface area contributed by atoms with Crippen LogP contribution in [0.2, 0.25) is 0 Å². The number of piperidine rings is 1. The predicted octanol–water partition coefficient (Wildman–Crippen LogP) is 1.46. The first-order valence-electron chi connectivity index (χ1n) is 8.27. The Balaban J connectivity index is 1.59. The topological polar surface area (TPSA) is 40.0 Å². The van der Waals surface area contributed by atoms with E-state index in [-0.39, 0.29) is 0 Å². The van der Waals surface area contributed by atoms with Gasteiger partial charge in [-0.25, -0.2) is 0 Å². The van der Waals surface area contributed by atoms with Crippen molar-refractivity contribution in [3.8, 4) is 5.75 Å². The fraction of sp³-hybridized carbons (Fsp3) is 0.611. The van der Waals surface area contributed by atoms with Crippen molar-refractivity contribution < 1.29 is 19.2 Å². The van der Waals surface area contributed by atoms with E-state index in [9.17, 15) is 4.79 Å². The number of hydrogen-bond donors (Lipinski definition) is 1. The summed E-state index contributed by atoms with van der Waals surface area (Å²) in [6.45, 7) is 10.1. The van der Waals surface area contributed by atoms with Crippen LogP contribution in [0.25, 0.3) is 0 Å². The second-order valence-electron chi connectivity index (χ2n) is 6.47. The molecule has 1 heterocycles. The van der Waals surface area contributed by atoms with Crippen molar-refractivity contribution in [1.29, 1.82) is 0 Å². The fourth-order valence-corrected chi connectivity index (χ4v) is 3.37. The Morgan fingerprint density at radius 2 is 1.86 bits per heavy atom. The van der Waals surface area contributed by atoms with Crippen LogP contribution in [-0.2, 0) is 4.74 Å². The van der Waals surface area contributed by atoms with E-state index < -0.39 is 0 Å². The highest BCUT2D eigenvalue weighted by Crippen LogP contribution is 2.15. The molecule has 0 spiro atoms. The summed E-state index contributed by atoms with van der Waals surface area (Å²) in [6, 6.07) is 7.26. The number of carbonyl (C=O) groups excluding carboxylic acids is 1. The number of ether oxygens (including phenoxy) is 2. The molecule has 3 atom stereocenters. The third kappa shape index (κ3) is 5.43. The molecular formula is C18H28NO3+. The number of benzene rings is 1. The van der Waals surface area contributed by atoms with E-state index in [2.05, 4.69) is 13.8 Å². The summed E-state index contributed by atoms with van der Waals surface area (Å²) in [5.41, 5.74) is 0.586. The number of quaternary nitrogens is 1. The number of aldehydes is 1. The highest BCUT2D eigenvalue weighted by molar-refractivity contribution is 5.79. The predicted molar refractivity (Wildman–Crippen MR) is 86.7 cm³/mol. The minimum atomic E-state index is 0.479. The van der Waals surface area contributed by atoms with Gasteiger partial charge in [0.15, 0.2) is 6.29 Å². The van der Waals surface area contributed by atoms with Gasteiger partial charge in [0.05, 0.1) is 31.9 Å². The van der Waals surface area contributed by atoms with Gasteiger partial charge in [-0.05, 0) is 18.6 Å². The lowest BCUT2D eigenvalue weighted by atomic mass is 9.92. The molecule has 1 aliphatic heterocycles. The maximum Gasteiger partial charge on any atom is 0.153 e. The van der Waals surface area contributed by atoms with E-state index in [4.69, 9.17) is 9.47 Å². The normalized spacial score (nSPS) is 24.9. The first-order chi connectivity index (χ1) is 10.7. The van der Waals surface area contributed by atoms with Crippen LogP contribution in [0.5, 0.6) is 5.75 Å². The van der Waals surface area contributed by atoms with Gasteiger partial charge in [0.1, 0.15) is 18.9 Å². The summed E-state index contributed by atoms with van der Waals surface area (Å²) < 4.78 is 11.3. The van der Waals surface area contributed by atoms with E-state index in [0.717, 1.165) is 31.3 Å². The van der Waals surface area contributed by atoms with Crippen molar-refractivity contribution in [2.45, 2.75) is 20.3 Å². The molecule has 4 nitrogen and oxygen atoms in total. The molecule has 0 radical (unpaired) electrons. The van der Waals surface area contributed by atoms with E-state index in [1.165, 1.54) is 19.5 Å². The van der Waals surface area contributed by atoms with Crippen molar-refractivity contribution in [2.75, 3.05) is 39.5 Å². The van der Waals surface area contributed by atoms with Gasteiger partial charge in [-0.1, -0.05) is 26.0 Å².